The number of nitrogens with one attached hydrogen (secondary N) is 1. The van der Waals surface area contributed by atoms with Gasteiger partial charge in [0.25, 0.3) is 0 Å². The second kappa shape index (κ2) is 7.42. The Kier molecular flexibility index (Phi) is 6.69. The molecule has 126 valence electrons. The summed E-state index contributed by atoms with van der Waals surface area (Å²) in [5.41, 5.74) is 0.360. The van der Waals surface area contributed by atoms with E-state index in [2.05, 4.69) is 44.8 Å². The number of hydrogen-bond donors (Lipinski definition) is 1. The van der Waals surface area contributed by atoms with Crippen molar-refractivity contribution in [3.05, 3.63) is 0 Å². The van der Waals surface area contributed by atoms with E-state index >= 15 is 0 Å². The van der Waals surface area contributed by atoms with E-state index in [1.54, 1.807) is 0 Å². The van der Waals surface area contributed by atoms with Gasteiger partial charge in [-0.05, 0) is 52.0 Å². The Morgan fingerprint density at radius 1 is 1.05 bits per heavy atom. The van der Waals surface area contributed by atoms with Gasteiger partial charge in [-0.1, -0.05) is 13.8 Å². The molecule has 0 saturated carbocycles. The Balaban J connectivity index is 2.68. The molecule has 0 aromatic carbocycles. The highest BCUT2D eigenvalue weighted by molar-refractivity contribution is 7.91. The van der Waals surface area contributed by atoms with Crippen LogP contribution in [-0.2, 0) is 9.84 Å². The van der Waals surface area contributed by atoms with Crippen molar-refractivity contribution in [2.45, 2.75) is 59.4 Å². The van der Waals surface area contributed by atoms with E-state index in [1.165, 1.54) is 0 Å². The molecule has 4 nitrogen and oxygen atoms in total. The van der Waals surface area contributed by atoms with Gasteiger partial charge in [-0.3, -0.25) is 0 Å². The molecular weight excluding hydrogens is 284 g/mol. The zero-order valence-electron chi connectivity index (χ0n) is 14.5. The summed E-state index contributed by atoms with van der Waals surface area (Å²) in [5, 5.41) is 3.64. The van der Waals surface area contributed by atoms with Crippen molar-refractivity contribution in [2.24, 2.45) is 5.41 Å². The molecule has 0 amide bonds. The third-order valence-electron chi connectivity index (χ3n) is 4.70. The van der Waals surface area contributed by atoms with E-state index < -0.39 is 9.84 Å². The molecule has 1 aliphatic heterocycles. The maximum absolute atomic E-state index is 11.7. The summed E-state index contributed by atoms with van der Waals surface area (Å²) >= 11 is 0. The quantitative estimate of drug-likeness (QED) is 0.816. The fraction of sp³-hybridized carbons (Fsp3) is 1.00. The maximum Gasteiger partial charge on any atom is 0.151 e. The van der Waals surface area contributed by atoms with Crippen molar-refractivity contribution >= 4 is 9.84 Å². The average Bonchev–Trinajstić information content (AvgIpc) is 2.55. The molecule has 1 aliphatic rings. The van der Waals surface area contributed by atoms with E-state index in [0.717, 1.165) is 38.9 Å². The summed E-state index contributed by atoms with van der Waals surface area (Å²) in [6.45, 7) is 14.7. The van der Waals surface area contributed by atoms with Crippen LogP contribution < -0.4 is 5.32 Å². The van der Waals surface area contributed by atoms with Crippen LogP contribution in [0.5, 0.6) is 0 Å². The van der Waals surface area contributed by atoms with Crippen LogP contribution in [0.2, 0.25) is 0 Å². The Labute approximate surface area is 131 Å². The molecule has 1 rings (SSSR count). The molecule has 0 bridgehead atoms. The van der Waals surface area contributed by atoms with Crippen molar-refractivity contribution < 1.29 is 8.42 Å². The summed E-state index contributed by atoms with van der Waals surface area (Å²) < 4.78 is 23.5. The lowest BCUT2D eigenvalue weighted by molar-refractivity contribution is 0.132. The summed E-state index contributed by atoms with van der Waals surface area (Å²) in [7, 11) is -2.81. The summed E-state index contributed by atoms with van der Waals surface area (Å²) in [6.07, 6.45) is 3.02. The highest BCUT2D eigenvalue weighted by Gasteiger charge is 2.31. The zero-order chi connectivity index (χ0) is 16.1. The third-order valence-corrected chi connectivity index (χ3v) is 6.42. The second-order valence-corrected chi connectivity index (χ2v) is 9.90. The SMILES string of the molecule is CCC(CC)(CNC(C)(C)C)CN1CCCS(=O)(=O)CC1. The van der Waals surface area contributed by atoms with Crippen LogP contribution in [0.3, 0.4) is 0 Å². The highest BCUT2D eigenvalue weighted by Crippen LogP contribution is 2.28. The molecule has 1 fully saturated rings. The van der Waals surface area contributed by atoms with Crippen LogP contribution in [0.1, 0.15) is 53.9 Å². The first-order chi connectivity index (χ1) is 9.61. The Bertz CT molecular complexity index is 408. The lowest BCUT2D eigenvalue weighted by Gasteiger charge is -2.39. The number of sulfone groups is 1. The van der Waals surface area contributed by atoms with Gasteiger partial charge in [0.05, 0.1) is 11.5 Å². The fourth-order valence-electron chi connectivity index (χ4n) is 2.85. The Hall–Kier alpha value is -0.130. The molecule has 0 radical (unpaired) electrons. The maximum atomic E-state index is 11.7. The molecule has 5 heteroatoms. The van der Waals surface area contributed by atoms with E-state index in [9.17, 15) is 8.42 Å². The van der Waals surface area contributed by atoms with Crippen LogP contribution in [-0.4, -0.2) is 56.5 Å². The van der Waals surface area contributed by atoms with E-state index in [0.29, 0.717) is 18.1 Å². The number of nitrogens with zero attached hydrogens (tertiary/aromatic N) is 1. The predicted octanol–water partition coefficient (Wildman–Crippen LogP) is 2.30. The molecule has 0 unspecified atom stereocenters. The molecule has 1 heterocycles. The van der Waals surface area contributed by atoms with Gasteiger partial charge in [0.1, 0.15) is 0 Å². The lowest BCUT2D eigenvalue weighted by Crippen LogP contribution is -2.49. The molecule has 0 spiro atoms. The minimum absolute atomic E-state index is 0.123. The van der Waals surface area contributed by atoms with Gasteiger partial charge >= 0.3 is 0 Å². The van der Waals surface area contributed by atoms with Crippen LogP contribution in [0.25, 0.3) is 0 Å². The molecule has 1 N–H and O–H groups in total. The van der Waals surface area contributed by atoms with Gasteiger partial charge < -0.3 is 10.2 Å². The molecule has 0 aliphatic carbocycles. The Morgan fingerprint density at radius 2 is 1.67 bits per heavy atom. The molecule has 0 atom stereocenters. The van der Waals surface area contributed by atoms with Gasteiger partial charge in [-0.2, -0.15) is 0 Å². The molecule has 1 saturated heterocycles. The smallest absolute Gasteiger partial charge is 0.151 e. The van der Waals surface area contributed by atoms with E-state index in [4.69, 9.17) is 0 Å². The number of rotatable bonds is 6. The second-order valence-electron chi connectivity index (χ2n) is 7.59. The monoisotopic (exact) mass is 318 g/mol. The topological polar surface area (TPSA) is 49.4 Å². The van der Waals surface area contributed by atoms with Crippen LogP contribution in [0.15, 0.2) is 0 Å². The minimum Gasteiger partial charge on any atom is -0.311 e. The zero-order valence-corrected chi connectivity index (χ0v) is 15.4. The lowest BCUT2D eigenvalue weighted by atomic mass is 9.81. The first-order valence-electron chi connectivity index (χ1n) is 8.29. The average molecular weight is 319 g/mol. The van der Waals surface area contributed by atoms with E-state index in [-0.39, 0.29) is 11.0 Å². The summed E-state index contributed by atoms with van der Waals surface area (Å²) in [4.78, 5) is 2.36. The van der Waals surface area contributed by atoms with Gasteiger partial charge in [0.2, 0.25) is 0 Å². The number of hydrogen-bond acceptors (Lipinski definition) is 4. The van der Waals surface area contributed by atoms with Crippen molar-refractivity contribution in [2.75, 3.05) is 37.7 Å². The molecule has 0 aromatic rings. The normalized spacial score (nSPS) is 21.2. The first-order valence-corrected chi connectivity index (χ1v) is 10.1. The van der Waals surface area contributed by atoms with Gasteiger partial charge in [0.15, 0.2) is 9.84 Å². The largest absolute Gasteiger partial charge is 0.311 e. The van der Waals surface area contributed by atoms with Crippen LogP contribution in [0, 0.1) is 5.41 Å². The van der Waals surface area contributed by atoms with Crippen molar-refractivity contribution in [3.8, 4) is 0 Å². The predicted molar refractivity (Wildman–Crippen MR) is 90.5 cm³/mol. The Morgan fingerprint density at radius 3 is 2.19 bits per heavy atom. The van der Waals surface area contributed by atoms with Gasteiger partial charge in [-0.15, -0.1) is 0 Å². The summed E-state index contributed by atoms with van der Waals surface area (Å²) in [6, 6.07) is 0. The summed E-state index contributed by atoms with van der Waals surface area (Å²) in [5.74, 6) is 0.679. The fourth-order valence-corrected chi connectivity index (χ4v) is 4.16. The van der Waals surface area contributed by atoms with Gasteiger partial charge in [0, 0.05) is 25.2 Å². The standard InChI is InChI=1S/C16H34N2O2S/c1-6-16(7-2,13-17-15(3,4)5)14-18-9-8-11-21(19,20)12-10-18/h17H,6-14H2,1-5H3. The van der Waals surface area contributed by atoms with Crippen LogP contribution in [0.4, 0.5) is 0 Å². The van der Waals surface area contributed by atoms with Crippen LogP contribution >= 0.6 is 0 Å². The molecular formula is C16H34N2O2S. The van der Waals surface area contributed by atoms with Gasteiger partial charge in [-0.25, -0.2) is 8.42 Å². The van der Waals surface area contributed by atoms with Crippen molar-refractivity contribution in [1.82, 2.24) is 10.2 Å². The van der Waals surface area contributed by atoms with E-state index in [1.807, 2.05) is 0 Å². The first kappa shape index (κ1) is 18.9. The third kappa shape index (κ3) is 6.66. The van der Waals surface area contributed by atoms with Crippen molar-refractivity contribution in [3.63, 3.8) is 0 Å². The minimum atomic E-state index is -2.81. The van der Waals surface area contributed by atoms with Crippen molar-refractivity contribution in [1.29, 1.82) is 0 Å². The molecule has 21 heavy (non-hydrogen) atoms. The molecule has 0 aromatic heterocycles. The highest BCUT2D eigenvalue weighted by atomic mass is 32.2.